The first-order chi connectivity index (χ1) is 14.3. The van der Waals surface area contributed by atoms with Gasteiger partial charge < -0.3 is 19.7 Å². The molecule has 0 radical (unpaired) electrons. The molecule has 1 aromatic carbocycles. The monoisotopic (exact) mass is 452 g/mol. The molecule has 10 heteroatoms. The van der Waals surface area contributed by atoms with Crippen molar-refractivity contribution in [3.63, 3.8) is 0 Å². The number of ether oxygens (including phenoxy) is 3. The Morgan fingerprint density at radius 2 is 2.00 bits per heavy atom. The minimum Gasteiger partial charge on any atom is -0.496 e. The zero-order valence-electron chi connectivity index (χ0n) is 16.2. The van der Waals surface area contributed by atoms with E-state index in [-0.39, 0.29) is 12.8 Å². The van der Waals surface area contributed by atoms with Crippen LogP contribution in [0, 0.1) is 0 Å². The number of alkyl halides is 2. The summed E-state index contributed by atoms with van der Waals surface area (Å²) in [7, 11) is 2.75. The average molecular weight is 453 g/mol. The SMILES string of the molecule is COC(=O)c1c(OC)ccc2c1CC1=C2CCC(OC(=O)C(Cl)Cl)(C(=O)C=[N+]=[N-])C1. The summed E-state index contributed by atoms with van der Waals surface area (Å²) in [6.07, 6.45) is 1.63. The van der Waals surface area contributed by atoms with Crippen molar-refractivity contribution in [1.82, 2.24) is 0 Å². The molecule has 0 aromatic heterocycles. The average Bonchev–Trinajstić information content (AvgIpc) is 3.09. The van der Waals surface area contributed by atoms with E-state index in [2.05, 4.69) is 4.79 Å². The number of carbonyl (C=O) groups is 3. The number of ketones is 1. The molecule has 1 atom stereocenters. The zero-order valence-corrected chi connectivity index (χ0v) is 17.7. The van der Waals surface area contributed by atoms with E-state index in [1.165, 1.54) is 14.2 Å². The number of rotatable bonds is 6. The van der Waals surface area contributed by atoms with Crippen LogP contribution in [-0.4, -0.2) is 53.4 Å². The molecule has 0 fully saturated rings. The van der Waals surface area contributed by atoms with E-state index in [1.54, 1.807) is 6.07 Å². The van der Waals surface area contributed by atoms with E-state index < -0.39 is 28.2 Å². The Bertz CT molecular complexity index is 1010. The topological polar surface area (TPSA) is 115 Å². The van der Waals surface area contributed by atoms with Gasteiger partial charge in [0.05, 0.1) is 14.2 Å². The van der Waals surface area contributed by atoms with E-state index >= 15 is 0 Å². The highest BCUT2D eigenvalue weighted by molar-refractivity contribution is 6.53. The summed E-state index contributed by atoms with van der Waals surface area (Å²) in [5, 5.41) is 0. The third-order valence-electron chi connectivity index (χ3n) is 5.40. The van der Waals surface area contributed by atoms with Crippen LogP contribution >= 0.6 is 23.2 Å². The third-order valence-corrected chi connectivity index (χ3v) is 5.76. The van der Waals surface area contributed by atoms with Crippen LogP contribution in [0.1, 0.15) is 40.7 Å². The van der Waals surface area contributed by atoms with Crippen molar-refractivity contribution in [1.29, 1.82) is 0 Å². The van der Waals surface area contributed by atoms with Crippen molar-refractivity contribution in [2.75, 3.05) is 14.2 Å². The maximum atomic E-state index is 12.7. The molecule has 2 aliphatic carbocycles. The fraction of sp³-hybridized carbons (Fsp3) is 0.400. The van der Waals surface area contributed by atoms with Gasteiger partial charge in [-0.15, -0.1) is 0 Å². The Kier molecular flexibility index (Phi) is 6.31. The highest BCUT2D eigenvalue weighted by atomic mass is 35.5. The number of allylic oxidation sites excluding steroid dienone is 1. The number of halogens is 2. The number of fused-ring (bicyclic) bond motifs is 2. The van der Waals surface area contributed by atoms with E-state index in [0.717, 1.165) is 22.3 Å². The van der Waals surface area contributed by atoms with E-state index in [9.17, 15) is 14.4 Å². The van der Waals surface area contributed by atoms with Gasteiger partial charge in [0.2, 0.25) is 4.84 Å². The van der Waals surface area contributed by atoms with Crippen LogP contribution in [0.2, 0.25) is 0 Å². The van der Waals surface area contributed by atoms with Gasteiger partial charge >= 0.3 is 18.2 Å². The highest BCUT2D eigenvalue weighted by Gasteiger charge is 2.49. The van der Waals surface area contributed by atoms with Crippen LogP contribution < -0.4 is 4.74 Å². The van der Waals surface area contributed by atoms with Gasteiger partial charge in [-0.25, -0.2) is 9.59 Å². The molecular weight excluding hydrogens is 435 g/mol. The van der Waals surface area contributed by atoms with Crippen molar-refractivity contribution < 1.29 is 33.4 Å². The molecule has 0 saturated carbocycles. The molecule has 158 valence electrons. The molecule has 3 rings (SSSR count). The Labute approximate surface area is 182 Å². The molecule has 0 heterocycles. The first-order valence-corrected chi connectivity index (χ1v) is 9.87. The van der Waals surface area contributed by atoms with Crippen LogP contribution in [0.4, 0.5) is 0 Å². The summed E-state index contributed by atoms with van der Waals surface area (Å²) in [5.41, 5.74) is 10.9. The number of hydrogen-bond acceptors (Lipinski definition) is 6. The normalized spacial score (nSPS) is 19.5. The summed E-state index contributed by atoms with van der Waals surface area (Å²) >= 11 is 11.2. The molecule has 30 heavy (non-hydrogen) atoms. The van der Waals surface area contributed by atoms with Crippen molar-refractivity contribution in [2.45, 2.75) is 36.1 Å². The molecule has 0 saturated heterocycles. The maximum absolute atomic E-state index is 12.7. The smallest absolute Gasteiger partial charge is 0.341 e. The van der Waals surface area contributed by atoms with Gasteiger partial charge in [0, 0.05) is 6.42 Å². The van der Waals surface area contributed by atoms with Gasteiger partial charge in [0.1, 0.15) is 11.3 Å². The summed E-state index contributed by atoms with van der Waals surface area (Å²) in [5.74, 6) is -1.79. The highest BCUT2D eigenvalue weighted by Crippen LogP contribution is 2.48. The van der Waals surface area contributed by atoms with Gasteiger partial charge in [0.15, 0.2) is 5.60 Å². The number of methoxy groups -OCH3 is 2. The third kappa shape index (κ3) is 3.74. The minimum atomic E-state index is -1.60. The van der Waals surface area contributed by atoms with Crippen molar-refractivity contribution in [3.05, 3.63) is 39.9 Å². The lowest BCUT2D eigenvalue weighted by Crippen LogP contribution is -2.47. The first-order valence-electron chi connectivity index (χ1n) is 9.00. The fourth-order valence-electron chi connectivity index (χ4n) is 4.09. The van der Waals surface area contributed by atoms with E-state index in [1.807, 2.05) is 6.07 Å². The number of Topliss-reactive ketones (excluding diaryl/α,β-unsaturated/α-hetero) is 1. The Hall–Kier alpha value is -2.67. The van der Waals surface area contributed by atoms with Gasteiger partial charge in [-0.05, 0) is 42.0 Å². The maximum Gasteiger partial charge on any atom is 0.341 e. The van der Waals surface area contributed by atoms with Crippen molar-refractivity contribution in [2.24, 2.45) is 0 Å². The van der Waals surface area contributed by atoms with Crippen LogP contribution in [0.25, 0.3) is 11.1 Å². The Morgan fingerprint density at radius 1 is 1.27 bits per heavy atom. The number of carbonyl (C=O) groups excluding carboxylic acids is 3. The number of benzene rings is 1. The zero-order chi connectivity index (χ0) is 22.1. The summed E-state index contributed by atoms with van der Waals surface area (Å²) in [4.78, 5) is 38.4. The lowest BCUT2D eigenvalue weighted by Gasteiger charge is -2.34. The predicted octanol–water partition coefficient (Wildman–Crippen LogP) is 2.93. The molecule has 8 nitrogen and oxygen atoms in total. The molecular formula is C20H18Cl2N2O6. The van der Waals surface area contributed by atoms with E-state index in [0.29, 0.717) is 30.4 Å². The van der Waals surface area contributed by atoms with Crippen LogP contribution in [0.5, 0.6) is 5.75 Å². The number of hydrogen-bond donors (Lipinski definition) is 0. The van der Waals surface area contributed by atoms with Crippen LogP contribution in [0.3, 0.4) is 0 Å². The lowest BCUT2D eigenvalue weighted by molar-refractivity contribution is -0.165. The predicted molar refractivity (Wildman–Crippen MR) is 108 cm³/mol. The second-order valence-corrected chi connectivity index (χ2v) is 8.02. The second-order valence-electron chi connectivity index (χ2n) is 6.92. The van der Waals surface area contributed by atoms with Crippen molar-refractivity contribution >= 4 is 52.7 Å². The minimum absolute atomic E-state index is 0.0526. The fourth-order valence-corrected chi connectivity index (χ4v) is 4.18. The molecule has 0 amide bonds. The molecule has 1 aromatic rings. The number of nitrogens with zero attached hydrogens (tertiary/aromatic N) is 2. The largest absolute Gasteiger partial charge is 0.496 e. The summed E-state index contributed by atoms with van der Waals surface area (Å²) < 4.78 is 15.6. The standard InChI is InChI=1S/C20H18Cl2N2O6/c1-28-14-4-3-12-11-5-6-20(15(25)9-24-23,30-19(27)17(21)22)8-10(11)7-13(12)16(14)18(26)29-2/h3-4,9,17H,5-8H2,1-2H3. The molecule has 0 spiro atoms. The molecule has 0 bridgehead atoms. The van der Waals surface area contributed by atoms with Crippen molar-refractivity contribution in [3.8, 4) is 5.75 Å². The molecule has 1 unspecified atom stereocenters. The van der Waals surface area contributed by atoms with Gasteiger partial charge in [-0.3, -0.25) is 4.79 Å². The van der Waals surface area contributed by atoms with Gasteiger partial charge in [0.25, 0.3) is 5.78 Å². The van der Waals surface area contributed by atoms with E-state index in [4.69, 9.17) is 42.9 Å². The van der Waals surface area contributed by atoms with Gasteiger partial charge in [-0.1, -0.05) is 34.8 Å². The Balaban J connectivity index is 2.03. The summed E-state index contributed by atoms with van der Waals surface area (Å²) in [6, 6.07) is 3.55. The quantitative estimate of drug-likeness (QED) is 0.215. The lowest BCUT2D eigenvalue weighted by atomic mass is 9.78. The summed E-state index contributed by atoms with van der Waals surface area (Å²) in [6.45, 7) is 0. The van der Waals surface area contributed by atoms with Crippen LogP contribution in [-0.2, 0) is 25.5 Å². The molecule has 2 aliphatic rings. The molecule has 0 N–H and O–H groups in total. The Morgan fingerprint density at radius 3 is 2.60 bits per heavy atom. The molecule has 0 aliphatic heterocycles. The second kappa shape index (κ2) is 8.60. The first kappa shape index (κ1) is 22.0. The number of esters is 2. The van der Waals surface area contributed by atoms with Crippen LogP contribution in [0.15, 0.2) is 17.7 Å². The van der Waals surface area contributed by atoms with Gasteiger partial charge in [-0.2, -0.15) is 4.79 Å².